The van der Waals surface area contributed by atoms with Crippen LogP contribution in [0.1, 0.15) is 42.1 Å². The van der Waals surface area contributed by atoms with Gasteiger partial charge in [-0.15, -0.1) is 0 Å². The second-order valence-electron chi connectivity index (χ2n) is 8.06. The van der Waals surface area contributed by atoms with Gasteiger partial charge in [-0.25, -0.2) is 18.7 Å². The number of nitrogens with zero attached hydrogens (tertiary/aromatic N) is 4. The van der Waals surface area contributed by atoms with Crippen molar-refractivity contribution in [3.05, 3.63) is 47.5 Å². The molecule has 1 aromatic carbocycles. The molecule has 0 radical (unpaired) electrons. The molecule has 33 heavy (non-hydrogen) atoms. The first-order valence-corrected chi connectivity index (χ1v) is 11.0. The molecule has 0 unspecified atom stereocenters. The summed E-state index contributed by atoms with van der Waals surface area (Å²) in [5.74, 6) is 0.856. The molecule has 0 saturated heterocycles. The van der Waals surface area contributed by atoms with Crippen LogP contribution in [0, 0.1) is 5.82 Å². The summed E-state index contributed by atoms with van der Waals surface area (Å²) in [4.78, 5) is 19.3. The number of fused-ring (bicyclic) bond motifs is 3. The summed E-state index contributed by atoms with van der Waals surface area (Å²) < 4.78 is 37.8. The SMILES string of the molecule is CCOC(=O)c1cnn2cc3c(nc12)N(Cc1cc(F)ccc1OCOC)[C@@H]1CCC[C@@H]1O3. The molecule has 0 bridgehead atoms. The minimum absolute atomic E-state index is 0.00579. The molecule has 1 fully saturated rings. The highest BCUT2D eigenvalue weighted by molar-refractivity contribution is 5.96. The van der Waals surface area contributed by atoms with Gasteiger partial charge < -0.3 is 23.8 Å². The summed E-state index contributed by atoms with van der Waals surface area (Å²) in [6.07, 6.45) is 6.03. The van der Waals surface area contributed by atoms with Gasteiger partial charge in [-0.2, -0.15) is 5.10 Å². The van der Waals surface area contributed by atoms with Gasteiger partial charge in [0.15, 0.2) is 24.0 Å². The molecule has 1 saturated carbocycles. The Kier molecular flexibility index (Phi) is 5.76. The third-order valence-corrected chi connectivity index (χ3v) is 6.00. The number of ether oxygens (including phenoxy) is 4. The second kappa shape index (κ2) is 8.86. The Labute approximate surface area is 190 Å². The van der Waals surface area contributed by atoms with E-state index in [1.165, 1.54) is 30.0 Å². The van der Waals surface area contributed by atoms with Gasteiger partial charge in [0.25, 0.3) is 0 Å². The largest absolute Gasteiger partial charge is 0.483 e. The van der Waals surface area contributed by atoms with Crippen LogP contribution in [0.3, 0.4) is 0 Å². The van der Waals surface area contributed by atoms with E-state index in [-0.39, 0.29) is 36.9 Å². The van der Waals surface area contributed by atoms with E-state index in [0.29, 0.717) is 35.1 Å². The zero-order chi connectivity index (χ0) is 22.9. The molecular weight excluding hydrogens is 431 g/mol. The minimum Gasteiger partial charge on any atom is -0.483 e. The Morgan fingerprint density at radius 2 is 2.21 bits per heavy atom. The molecular formula is C23H25FN4O5. The van der Waals surface area contributed by atoms with Crippen molar-refractivity contribution in [2.45, 2.75) is 44.9 Å². The fourth-order valence-corrected chi connectivity index (χ4v) is 4.56. The lowest BCUT2D eigenvalue weighted by atomic mass is 10.1. The number of rotatable bonds is 7. The molecule has 5 rings (SSSR count). The number of anilines is 1. The van der Waals surface area contributed by atoms with Crippen molar-refractivity contribution in [1.82, 2.24) is 14.6 Å². The van der Waals surface area contributed by atoms with Gasteiger partial charge in [-0.3, -0.25) is 0 Å². The number of carbonyl (C=O) groups excluding carboxylic acids is 1. The highest BCUT2D eigenvalue weighted by Crippen LogP contribution is 2.42. The summed E-state index contributed by atoms with van der Waals surface area (Å²) in [7, 11) is 1.53. The predicted octanol–water partition coefficient (Wildman–Crippen LogP) is 3.35. The van der Waals surface area contributed by atoms with E-state index in [4.69, 9.17) is 23.9 Å². The Bertz CT molecular complexity index is 1180. The van der Waals surface area contributed by atoms with Crippen molar-refractivity contribution in [2.24, 2.45) is 0 Å². The molecule has 3 heterocycles. The number of hydrogen-bond donors (Lipinski definition) is 0. The van der Waals surface area contributed by atoms with Gasteiger partial charge in [-0.1, -0.05) is 0 Å². The van der Waals surface area contributed by atoms with Crippen LogP contribution in [0.5, 0.6) is 11.5 Å². The maximum Gasteiger partial charge on any atom is 0.343 e. The maximum atomic E-state index is 14.2. The number of esters is 1. The first-order chi connectivity index (χ1) is 16.1. The van der Waals surface area contributed by atoms with E-state index >= 15 is 0 Å². The first-order valence-electron chi connectivity index (χ1n) is 11.0. The van der Waals surface area contributed by atoms with Crippen molar-refractivity contribution >= 4 is 17.4 Å². The Balaban J connectivity index is 1.58. The standard InChI is InChI=1S/C23H25FN4O5/c1-3-31-23(29)16-10-25-28-12-20-22(26-21(16)28)27(17-5-4-6-19(17)33-20)11-14-9-15(24)7-8-18(14)32-13-30-2/h7-10,12,17,19H,3-6,11,13H2,1-2H3/t17-,19+/m1/s1. The molecule has 0 amide bonds. The molecule has 1 aliphatic carbocycles. The normalized spacial score (nSPS) is 19.2. The van der Waals surface area contributed by atoms with Crippen molar-refractivity contribution < 1.29 is 28.1 Å². The van der Waals surface area contributed by atoms with Crippen molar-refractivity contribution in [2.75, 3.05) is 25.4 Å². The van der Waals surface area contributed by atoms with Crippen molar-refractivity contribution in [3.63, 3.8) is 0 Å². The lowest BCUT2D eigenvalue weighted by molar-refractivity contribution is 0.0502. The average molecular weight is 456 g/mol. The van der Waals surface area contributed by atoms with Gasteiger partial charge in [0.2, 0.25) is 0 Å². The Morgan fingerprint density at radius 3 is 3.03 bits per heavy atom. The summed E-state index contributed by atoms with van der Waals surface area (Å²) >= 11 is 0. The first kappa shape index (κ1) is 21.4. The van der Waals surface area contributed by atoms with E-state index in [2.05, 4.69) is 10.00 Å². The number of aromatic nitrogens is 3. The topological polar surface area (TPSA) is 87.4 Å². The molecule has 1 aliphatic heterocycles. The fourth-order valence-electron chi connectivity index (χ4n) is 4.56. The smallest absolute Gasteiger partial charge is 0.343 e. The fraction of sp³-hybridized carbons (Fsp3) is 0.435. The number of benzene rings is 1. The lowest BCUT2D eigenvalue weighted by Crippen LogP contribution is -2.46. The van der Waals surface area contributed by atoms with Crippen LogP contribution in [0.15, 0.2) is 30.6 Å². The van der Waals surface area contributed by atoms with Crippen LogP contribution < -0.4 is 14.4 Å². The van der Waals surface area contributed by atoms with Crippen molar-refractivity contribution in [3.8, 4) is 11.5 Å². The van der Waals surface area contributed by atoms with Crippen LogP contribution in [0.25, 0.3) is 5.65 Å². The molecule has 174 valence electrons. The third-order valence-electron chi connectivity index (χ3n) is 6.00. The molecule has 2 aromatic heterocycles. The van der Waals surface area contributed by atoms with E-state index in [1.54, 1.807) is 19.2 Å². The molecule has 2 aliphatic rings. The van der Waals surface area contributed by atoms with E-state index in [0.717, 1.165) is 19.3 Å². The molecule has 0 N–H and O–H groups in total. The van der Waals surface area contributed by atoms with Gasteiger partial charge in [0, 0.05) is 19.2 Å². The number of methoxy groups -OCH3 is 1. The molecule has 9 nitrogen and oxygen atoms in total. The zero-order valence-corrected chi connectivity index (χ0v) is 18.5. The quantitative estimate of drug-likeness (QED) is 0.395. The number of hydrogen-bond acceptors (Lipinski definition) is 8. The Hall–Kier alpha value is -3.40. The third kappa shape index (κ3) is 3.95. The van der Waals surface area contributed by atoms with E-state index in [1.807, 2.05) is 0 Å². The van der Waals surface area contributed by atoms with Crippen LogP contribution in [-0.4, -0.2) is 53.2 Å². The summed E-state index contributed by atoms with van der Waals surface area (Å²) in [6, 6.07) is 4.49. The summed E-state index contributed by atoms with van der Waals surface area (Å²) in [6.45, 7) is 2.42. The number of carbonyl (C=O) groups is 1. The van der Waals surface area contributed by atoms with Crippen LogP contribution in [-0.2, 0) is 16.0 Å². The maximum absolute atomic E-state index is 14.2. The van der Waals surface area contributed by atoms with Gasteiger partial charge in [0.1, 0.15) is 23.2 Å². The minimum atomic E-state index is -0.484. The Morgan fingerprint density at radius 1 is 1.33 bits per heavy atom. The van der Waals surface area contributed by atoms with Crippen LogP contribution >= 0.6 is 0 Å². The van der Waals surface area contributed by atoms with Crippen LogP contribution in [0.2, 0.25) is 0 Å². The zero-order valence-electron chi connectivity index (χ0n) is 18.5. The predicted molar refractivity (Wildman–Crippen MR) is 116 cm³/mol. The van der Waals surface area contributed by atoms with E-state index in [9.17, 15) is 9.18 Å². The van der Waals surface area contributed by atoms with Gasteiger partial charge in [0.05, 0.1) is 25.0 Å². The van der Waals surface area contributed by atoms with E-state index < -0.39 is 5.97 Å². The molecule has 10 heteroatoms. The van der Waals surface area contributed by atoms with Gasteiger partial charge >= 0.3 is 5.97 Å². The highest BCUT2D eigenvalue weighted by atomic mass is 19.1. The van der Waals surface area contributed by atoms with Crippen LogP contribution in [0.4, 0.5) is 10.2 Å². The van der Waals surface area contributed by atoms with Crippen molar-refractivity contribution in [1.29, 1.82) is 0 Å². The molecule has 0 spiro atoms. The summed E-state index contributed by atoms with van der Waals surface area (Å²) in [5.41, 5.74) is 1.33. The summed E-state index contributed by atoms with van der Waals surface area (Å²) in [5, 5.41) is 4.26. The monoisotopic (exact) mass is 456 g/mol. The van der Waals surface area contributed by atoms with Gasteiger partial charge in [-0.05, 0) is 44.4 Å². The second-order valence-corrected chi connectivity index (χ2v) is 8.06. The lowest BCUT2D eigenvalue weighted by Gasteiger charge is -2.39. The number of halogens is 1. The average Bonchev–Trinajstić information content (AvgIpc) is 3.44. The highest BCUT2D eigenvalue weighted by Gasteiger charge is 2.41. The molecule has 2 atom stereocenters. The molecule has 3 aromatic rings.